The third-order valence-corrected chi connectivity index (χ3v) is 5.83. The maximum Gasteiger partial charge on any atom is 1.00 e. The van der Waals surface area contributed by atoms with E-state index in [0.717, 1.165) is 5.56 Å². The normalized spacial score (nSPS) is 13.1. The SMILES string of the molecule is C#Cc1ccccc1.FC(F)(F)c1cc(C(F)(F)F)n([BH-](n2nc(C(F)(F)F)cc2C(F)(F)F)n2nc(C(F)(F)F)cc2C(F)(F)F)n1.[Ag+]. The van der Waals surface area contributed by atoms with Gasteiger partial charge in [0.1, 0.15) is 17.1 Å². The van der Waals surface area contributed by atoms with E-state index < -0.39 is 110 Å². The summed E-state index contributed by atoms with van der Waals surface area (Å²) in [5, 5.41) is 6.84. The van der Waals surface area contributed by atoms with E-state index in [1.165, 1.54) is 0 Å². The molecule has 49 heavy (non-hydrogen) atoms. The maximum absolute atomic E-state index is 13.6. The van der Waals surface area contributed by atoms with E-state index in [9.17, 15) is 79.0 Å². The Labute approximate surface area is 275 Å². The Morgan fingerprint density at radius 1 is 0.469 bits per heavy atom. The molecule has 0 N–H and O–H groups in total. The van der Waals surface area contributed by atoms with Crippen molar-refractivity contribution in [3.05, 3.63) is 88.3 Å². The fourth-order valence-corrected chi connectivity index (χ4v) is 3.91. The monoisotopic (exact) mass is 830 g/mol. The van der Waals surface area contributed by atoms with Crippen LogP contribution in [-0.2, 0) is 59.4 Å². The van der Waals surface area contributed by atoms with Crippen molar-refractivity contribution in [2.24, 2.45) is 0 Å². The molecule has 0 atom stereocenters. The molecule has 4 aromatic rings. The van der Waals surface area contributed by atoms with Gasteiger partial charge in [-0.15, -0.1) is 6.42 Å². The molecule has 272 valence electrons. The Kier molecular flexibility index (Phi) is 11.5. The molecule has 4 rings (SSSR count). The third kappa shape index (κ3) is 9.56. The molecule has 3 aromatic heterocycles. The van der Waals surface area contributed by atoms with Gasteiger partial charge in [-0.1, -0.05) is 24.1 Å². The summed E-state index contributed by atoms with van der Waals surface area (Å²) in [6.45, 7) is 0. The van der Waals surface area contributed by atoms with Crippen LogP contribution in [0.25, 0.3) is 0 Å². The third-order valence-electron chi connectivity index (χ3n) is 5.83. The zero-order valence-corrected chi connectivity index (χ0v) is 24.2. The summed E-state index contributed by atoms with van der Waals surface area (Å²) >= 11 is 0. The molecule has 3 heterocycles. The number of aromatic nitrogens is 6. The minimum Gasteiger partial charge on any atom is -0.392 e. The molecule has 0 unspecified atom stereocenters. The van der Waals surface area contributed by atoms with Gasteiger partial charge < -0.3 is 13.8 Å². The van der Waals surface area contributed by atoms with E-state index >= 15 is 0 Å². The Morgan fingerprint density at radius 2 is 0.735 bits per heavy atom. The molecular formula is C23H10AgBF18N6. The van der Waals surface area contributed by atoms with Crippen molar-refractivity contribution in [2.45, 2.75) is 37.1 Å². The molecule has 0 saturated carbocycles. The van der Waals surface area contributed by atoms with Crippen LogP contribution in [0, 0.1) is 12.3 Å². The fraction of sp³-hybridized carbons (Fsp3) is 0.261. The van der Waals surface area contributed by atoms with E-state index in [1.807, 2.05) is 30.3 Å². The molecule has 0 bridgehead atoms. The standard InChI is InChI=1S/C15H4BF18N6.C8H6.Ag/c17-10(18,19)4-1-7(13(26,27)28)38(35-4)16(39-8(14(29,30)31)2-5(36-39)11(20,21)22)40-9(15(32,33)34)3-6(37-40)12(23,24)25;1-2-8-6-4-3-5-7-8;/h1-3,16H;1,3-7H;/q-1;;+1. The predicted octanol–water partition coefficient (Wildman–Crippen LogP) is 7.72. The van der Waals surface area contributed by atoms with Gasteiger partial charge in [0.05, 0.1) is 0 Å². The van der Waals surface area contributed by atoms with Crippen LogP contribution in [0.1, 0.15) is 39.7 Å². The zero-order chi connectivity index (χ0) is 36.8. The molecule has 0 spiro atoms. The molecule has 0 saturated heterocycles. The van der Waals surface area contributed by atoms with Crippen LogP contribution >= 0.6 is 0 Å². The van der Waals surface area contributed by atoms with Gasteiger partial charge >= 0.3 is 66.6 Å². The summed E-state index contributed by atoms with van der Waals surface area (Å²) in [5.41, 5.74) is -15.4. The van der Waals surface area contributed by atoms with E-state index in [4.69, 9.17) is 6.42 Å². The van der Waals surface area contributed by atoms with Gasteiger partial charge in [0.2, 0.25) is 0 Å². The van der Waals surface area contributed by atoms with Gasteiger partial charge in [-0.2, -0.15) is 79.0 Å². The molecule has 0 radical (unpaired) electrons. The van der Waals surface area contributed by atoms with Crippen molar-refractivity contribution in [3.8, 4) is 12.3 Å². The van der Waals surface area contributed by atoms with Crippen LogP contribution in [0.2, 0.25) is 0 Å². The first kappa shape index (κ1) is 41.1. The number of hydrogen-bond donors (Lipinski definition) is 0. The quantitative estimate of drug-likeness (QED) is 0.121. The molecule has 0 aliphatic carbocycles. The number of nitrogens with zero attached hydrogens (tertiary/aromatic N) is 6. The van der Waals surface area contributed by atoms with Gasteiger partial charge in [-0.25, -0.2) is 15.3 Å². The minimum atomic E-state index is -6.13. The number of halogens is 18. The van der Waals surface area contributed by atoms with Crippen molar-refractivity contribution in [1.29, 1.82) is 0 Å². The van der Waals surface area contributed by atoms with Gasteiger partial charge in [0.15, 0.2) is 17.1 Å². The van der Waals surface area contributed by atoms with Crippen molar-refractivity contribution in [1.82, 2.24) is 29.1 Å². The van der Waals surface area contributed by atoms with Gasteiger partial charge in [0.25, 0.3) is 0 Å². The molecule has 6 nitrogen and oxygen atoms in total. The summed E-state index contributed by atoms with van der Waals surface area (Å²) in [7, 11) is -5.30. The van der Waals surface area contributed by atoms with Crippen LogP contribution in [0.4, 0.5) is 79.0 Å². The molecule has 26 heteroatoms. The Bertz CT molecular complexity index is 1600. The zero-order valence-electron chi connectivity index (χ0n) is 22.7. The molecule has 0 aliphatic heterocycles. The van der Waals surface area contributed by atoms with E-state index in [2.05, 4.69) is 21.2 Å². The average molecular weight is 831 g/mol. The largest absolute Gasteiger partial charge is 1.00 e. The van der Waals surface area contributed by atoms with Gasteiger partial charge in [-0.05, 0) is 30.3 Å². The van der Waals surface area contributed by atoms with E-state index in [-0.39, 0.29) is 22.4 Å². The number of hydrogen-bond acceptors (Lipinski definition) is 3. The first-order valence-corrected chi connectivity index (χ1v) is 12.0. The number of alkyl halides is 18. The smallest absolute Gasteiger partial charge is 0.392 e. The van der Waals surface area contributed by atoms with Crippen LogP contribution in [0.3, 0.4) is 0 Å². The Hall–Kier alpha value is -4.04. The first-order chi connectivity index (χ1) is 21.6. The number of benzene rings is 1. The number of rotatable bonds is 3. The Balaban J connectivity index is 0.000000810. The van der Waals surface area contributed by atoms with Crippen molar-refractivity contribution in [3.63, 3.8) is 0 Å². The van der Waals surface area contributed by atoms with Gasteiger partial charge in [0, 0.05) is 5.56 Å². The van der Waals surface area contributed by atoms with Crippen LogP contribution < -0.4 is 0 Å². The topological polar surface area (TPSA) is 53.5 Å². The second-order valence-electron chi connectivity index (χ2n) is 9.16. The van der Waals surface area contributed by atoms with Crippen LogP contribution in [0.15, 0.2) is 48.5 Å². The van der Waals surface area contributed by atoms with Crippen molar-refractivity contribution >= 4 is 7.12 Å². The molecular weight excluding hydrogens is 821 g/mol. The first-order valence-electron chi connectivity index (χ1n) is 12.0. The minimum absolute atomic E-state index is 0. The maximum atomic E-state index is 13.6. The molecule has 0 aliphatic rings. The summed E-state index contributed by atoms with van der Waals surface area (Å²) in [6, 6.07) is 6.78. The Morgan fingerprint density at radius 3 is 0.918 bits per heavy atom. The average Bonchev–Trinajstić information content (AvgIpc) is 3.66. The second kappa shape index (κ2) is 13.7. The summed E-state index contributed by atoms with van der Waals surface area (Å²) < 4.78 is 237. The summed E-state index contributed by atoms with van der Waals surface area (Å²) in [4.78, 5) is 0. The van der Waals surface area contributed by atoms with E-state index in [1.54, 1.807) is 0 Å². The molecule has 1 aromatic carbocycles. The summed E-state index contributed by atoms with van der Waals surface area (Å²) in [6.07, 6.45) is -31.0. The predicted molar refractivity (Wildman–Crippen MR) is 124 cm³/mol. The molecule has 0 fully saturated rings. The van der Waals surface area contributed by atoms with Gasteiger partial charge in [-0.3, -0.25) is 0 Å². The fourth-order valence-electron chi connectivity index (χ4n) is 3.91. The van der Waals surface area contributed by atoms with Crippen molar-refractivity contribution in [2.75, 3.05) is 0 Å². The molecule has 0 amide bonds. The van der Waals surface area contributed by atoms with Crippen LogP contribution in [0.5, 0.6) is 0 Å². The number of terminal acetylenes is 1. The van der Waals surface area contributed by atoms with E-state index in [0.29, 0.717) is 0 Å². The second-order valence-corrected chi connectivity index (χ2v) is 9.16. The summed E-state index contributed by atoms with van der Waals surface area (Å²) in [5.74, 6) is 2.53. The van der Waals surface area contributed by atoms with Crippen molar-refractivity contribution < 1.29 is 101 Å². The van der Waals surface area contributed by atoms with Crippen LogP contribution in [-0.4, -0.2) is 36.2 Å².